The van der Waals surface area contributed by atoms with Crippen molar-refractivity contribution in [2.45, 2.75) is 58.3 Å². The average molecular weight is 355 g/mol. The zero-order chi connectivity index (χ0) is 15.4. The molecule has 1 fully saturated rings. The van der Waals surface area contributed by atoms with E-state index in [9.17, 15) is 4.79 Å². The van der Waals surface area contributed by atoms with Crippen LogP contribution in [0.15, 0.2) is 22.7 Å². The summed E-state index contributed by atoms with van der Waals surface area (Å²) >= 11 is 3.48. The van der Waals surface area contributed by atoms with E-state index in [2.05, 4.69) is 40.4 Å². The summed E-state index contributed by atoms with van der Waals surface area (Å²) in [5, 5.41) is 6.34. The topological polar surface area (TPSA) is 50.4 Å². The number of hydrogen-bond acceptors (Lipinski definition) is 3. The lowest BCUT2D eigenvalue weighted by Crippen LogP contribution is -2.37. The molecule has 0 bridgehead atoms. The van der Waals surface area contributed by atoms with Gasteiger partial charge in [0.1, 0.15) is 5.75 Å². The second kappa shape index (κ2) is 7.27. The molecule has 0 aliphatic heterocycles. The lowest BCUT2D eigenvalue weighted by Gasteiger charge is -2.18. The van der Waals surface area contributed by atoms with Gasteiger partial charge in [0.15, 0.2) is 6.10 Å². The third kappa shape index (κ3) is 5.32. The Labute approximate surface area is 134 Å². The number of hydrogen-bond donors (Lipinski definition) is 2. The van der Waals surface area contributed by atoms with Crippen LogP contribution in [0.25, 0.3) is 0 Å². The molecule has 5 heteroatoms. The molecule has 0 spiro atoms. The van der Waals surface area contributed by atoms with Gasteiger partial charge in [-0.25, -0.2) is 0 Å². The van der Waals surface area contributed by atoms with Crippen LogP contribution in [-0.4, -0.2) is 24.1 Å². The zero-order valence-electron chi connectivity index (χ0n) is 12.8. The van der Waals surface area contributed by atoms with Gasteiger partial charge in [0, 0.05) is 28.7 Å². The molecule has 1 unspecified atom stereocenters. The van der Waals surface area contributed by atoms with Crippen molar-refractivity contribution in [1.29, 1.82) is 0 Å². The molecule has 1 aliphatic rings. The first-order valence-corrected chi connectivity index (χ1v) is 8.24. The molecule has 1 amide bonds. The Morgan fingerprint density at radius 2 is 2.10 bits per heavy atom. The molecule has 21 heavy (non-hydrogen) atoms. The molecular formula is C16H23BrN2O2. The van der Waals surface area contributed by atoms with E-state index in [4.69, 9.17) is 4.74 Å². The fourth-order valence-corrected chi connectivity index (χ4v) is 2.31. The first kappa shape index (κ1) is 16.3. The van der Waals surface area contributed by atoms with E-state index in [0.29, 0.717) is 18.6 Å². The first-order chi connectivity index (χ1) is 9.95. The monoisotopic (exact) mass is 354 g/mol. The van der Waals surface area contributed by atoms with Crippen LogP contribution in [0.4, 0.5) is 0 Å². The van der Waals surface area contributed by atoms with Crippen molar-refractivity contribution in [3.05, 3.63) is 28.2 Å². The van der Waals surface area contributed by atoms with Crippen LogP contribution < -0.4 is 15.4 Å². The number of amides is 1. The summed E-state index contributed by atoms with van der Waals surface area (Å²) < 4.78 is 6.86. The molecule has 0 aromatic heterocycles. The quantitative estimate of drug-likeness (QED) is 0.791. The van der Waals surface area contributed by atoms with E-state index >= 15 is 0 Å². The summed E-state index contributed by atoms with van der Waals surface area (Å²) in [6.07, 6.45) is 1.69. The van der Waals surface area contributed by atoms with Gasteiger partial charge in [0.2, 0.25) is 0 Å². The van der Waals surface area contributed by atoms with E-state index in [1.807, 2.05) is 18.2 Å². The summed E-state index contributed by atoms with van der Waals surface area (Å²) in [4.78, 5) is 12.0. The summed E-state index contributed by atoms with van der Waals surface area (Å²) in [5.41, 5.74) is 1.05. The summed E-state index contributed by atoms with van der Waals surface area (Å²) in [6, 6.07) is 6.61. The number of carbonyl (C=O) groups excluding carboxylic acids is 1. The van der Waals surface area contributed by atoms with Crippen LogP contribution in [0.3, 0.4) is 0 Å². The van der Waals surface area contributed by atoms with Gasteiger partial charge < -0.3 is 15.4 Å². The van der Waals surface area contributed by atoms with Crippen molar-refractivity contribution < 1.29 is 9.53 Å². The maximum absolute atomic E-state index is 12.0. The van der Waals surface area contributed by atoms with E-state index in [1.54, 1.807) is 6.92 Å². The highest BCUT2D eigenvalue weighted by molar-refractivity contribution is 9.10. The lowest BCUT2D eigenvalue weighted by atomic mass is 10.2. The summed E-state index contributed by atoms with van der Waals surface area (Å²) in [5.74, 6) is 0.716. The molecule has 1 aliphatic carbocycles. The summed E-state index contributed by atoms with van der Waals surface area (Å²) in [6.45, 7) is 6.71. The molecule has 2 N–H and O–H groups in total. The van der Waals surface area contributed by atoms with Crippen molar-refractivity contribution in [2.24, 2.45) is 0 Å². The van der Waals surface area contributed by atoms with Crippen LogP contribution in [-0.2, 0) is 11.3 Å². The Balaban J connectivity index is 2.01. The van der Waals surface area contributed by atoms with Crippen LogP contribution in [0.2, 0.25) is 0 Å². The number of rotatable bonds is 7. The van der Waals surface area contributed by atoms with Crippen molar-refractivity contribution in [3.8, 4) is 5.75 Å². The highest BCUT2D eigenvalue weighted by Gasteiger charge is 2.26. The van der Waals surface area contributed by atoms with E-state index in [1.165, 1.54) is 0 Å². The smallest absolute Gasteiger partial charge is 0.260 e. The molecule has 116 valence electrons. The van der Waals surface area contributed by atoms with Crippen molar-refractivity contribution >= 4 is 21.8 Å². The Morgan fingerprint density at radius 1 is 1.38 bits per heavy atom. The maximum atomic E-state index is 12.0. The van der Waals surface area contributed by atoms with E-state index < -0.39 is 6.10 Å². The second-order valence-electron chi connectivity index (χ2n) is 5.83. The predicted molar refractivity (Wildman–Crippen MR) is 87.4 cm³/mol. The third-order valence-electron chi connectivity index (χ3n) is 3.32. The molecule has 4 nitrogen and oxygen atoms in total. The standard InChI is InChI=1S/C16H23BrN2O2/c1-10(2)18-9-12-8-13(17)4-7-15(12)21-11(3)16(20)19-14-5-6-14/h4,7-8,10-11,14,18H,5-6,9H2,1-3H3,(H,19,20). The van der Waals surface area contributed by atoms with Crippen molar-refractivity contribution in [2.75, 3.05) is 0 Å². The molecule has 0 heterocycles. The van der Waals surface area contributed by atoms with Gasteiger partial charge in [-0.2, -0.15) is 0 Å². The molecule has 1 aromatic rings. The van der Waals surface area contributed by atoms with Crippen LogP contribution in [0.1, 0.15) is 39.2 Å². The average Bonchev–Trinajstić information content (AvgIpc) is 3.22. The van der Waals surface area contributed by atoms with Gasteiger partial charge in [-0.15, -0.1) is 0 Å². The second-order valence-corrected chi connectivity index (χ2v) is 6.75. The first-order valence-electron chi connectivity index (χ1n) is 7.44. The molecule has 1 aromatic carbocycles. The number of nitrogens with one attached hydrogen (secondary N) is 2. The summed E-state index contributed by atoms with van der Waals surface area (Å²) in [7, 11) is 0. The van der Waals surface area contributed by atoms with Crippen molar-refractivity contribution in [3.63, 3.8) is 0 Å². The van der Waals surface area contributed by atoms with Crippen LogP contribution >= 0.6 is 15.9 Å². The van der Waals surface area contributed by atoms with Crippen LogP contribution in [0.5, 0.6) is 5.75 Å². The SMILES string of the molecule is CC(C)NCc1cc(Br)ccc1OC(C)C(=O)NC1CC1. The largest absolute Gasteiger partial charge is 0.481 e. The van der Waals surface area contributed by atoms with E-state index in [0.717, 1.165) is 28.6 Å². The molecule has 0 radical (unpaired) electrons. The third-order valence-corrected chi connectivity index (χ3v) is 3.81. The molecule has 2 rings (SSSR count). The zero-order valence-corrected chi connectivity index (χ0v) is 14.4. The number of ether oxygens (including phenoxy) is 1. The molecule has 0 saturated heterocycles. The minimum atomic E-state index is -0.482. The highest BCUT2D eigenvalue weighted by atomic mass is 79.9. The molecule has 1 saturated carbocycles. The fourth-order valence-electron chi connectivity index (χ4n) is 1.91. The minimum Gasteiger partial charge on any atom is -0.481 e. The van der Waals surface area contributed by atoms with Gasteiger partial charge >= 0.3 is 0 Å². The lowest BCUT2D eigenvalue weighted by molar-refractivity contribution is -0.127. The van der Waals surface area contributed by atoms with Gasteiger partial charge in [-0.05, 0) is 38.0 Å². The number of carbonyl (C=O) groups is 1. The van der Waals surface area contributed by atoms with Gasteiger partial charge in [0.05, 0.1) is 0 Å². The molecular weight excluding hydrogens is 332 g/mol. The number of benzene rings is 1. The van der Waals surface area contributed by atoms with Crippen molar-refractivity contribution in [1.82, 2.24) is 10.6 Å². The Hall–Kier alpha value is -1.07. The van der Waals surface area contributed by atoms with E-state index in [-0.39, 0.29) is 5.91 Å². The fraction of sp³-hybridized carbons (Fsp3) is 0.562. The predicted octanol–water partition coefficient (Wildman–Crippen LogP) is 2.99. The van der Waals surface area contributed by atoms with Gasteiger partial charge in [-0.1, -0.05) is 29.8 Å². The Kier molecular flexibility index (Phi) is 5.65. The van der Waals surface area contributed by atoms with Gasteiger partial charge in [-0.3, -0.25) is 4.79 Å². The highest BCUT2D eigenvalue weighted by Crippen LogP contribution is 2.25. The van der Waals surface area contributed by atoms with Crippen LogP contribution in [0, 0.1) is 0 Å². The normalized spacial score (nSPS) is 15.9. The Bertz CT molecular complexity index is 501. The minimum absolute atomic E-state index is 0.0387. The number of halogens is 1. The van der Waals surface area contributed by atoms with Gasteiger partial charge in [0.25, 0.3) is 5.91 Å². The maximum Gasteiger partial charge on any atom is 0.260 e. The Morgan fingerprint density at radius 3 is 2.71 bits per heavy atom. The molecule has 1 atom stereocenters.